The van der Waals surface area contributed by atoms with E-state index >= 15 is 0 Å². The molecule has 0 bridgehead atoms. The van der Waals surface area contributed by atoms with Gasteiger partial charge in [-0.05, 0) is 103 Å². The number of hydrogen-bond acceptors (Lipinski definition) is 7. The molecule has 0 saturated carbocycles. The first kappa shape index (κ1) is 69.9. The summed E-state index contributed by atoms with van der Waals surface area (Å²) >= 11 is 0. The second-order valence-corrected chi connectivity index (χ2v) is 21.0. The highest BCUT2D eigenvalue weighted by molar-refractivity contribution is 7.47. The maximum absolute atomic E-state index is 12.7. The number of carbonyl (C=O) groups is 2. The van der Waals surface area contributed by atoms with Crippen LogP contribution in [0.5, 0.6) is 0 Å². The van der Waals surface area contributed by atoms with E-state index in [9.17, 15) is 19.0 Å². The predicted molar refractivity (Wildman–Crippen MR) is 316 cm³/mol. The van der Waals surface area contributed by atoms with Gasteiger partial charge in [0.15, 0.2) is 6.10 Å². The smallest absolute Gasteiger partial charge is 0.462 e. The van der Waals surface area contributed by atoms with Gasteiger partial charge in [0.25, 0.3) is 0 Å². The number of rotatable bonds is 50. The lowest BCUT2D eigenvalue weighted by atomic mass is 10.1. The van der Waals surface area contributed by atoms with E-state index in [1.165, 1.54) is 38.5 Å². The van der Waals surface area contributed by atoms with Crippen molar-refractivity contribution < 1.29 is 42.1 Å². The van der Waals surface area contributed by atoms with Gasteiger partial charge in [-0.25, -0.2) is 4.57 Å². The number of likely N-dealkylation sites (N-methyl/N-ethyl adjacent to an activating group) is 1. The number of carbonyl (C=O) groups excluding carboxylic acids is 2. The molecule has 0 aromatic heterocycles. The molecule has 0 radical (unpaired) electrons. The zero-order chi connectivity index (χ0) is 54.2. The number of ether oxygens (including phenoxy) is 2. The molecule has 0 aromatic carbocycles. The van der Waals surface area contributed by atoms with Crippen LogP contribution in [0.1, 0.15) is 194 Å². The van der Waals surface area contributed by atoms with Gasteiger partial charge in [-0.3, -0.25) is 18.6 Å². The summed E-state index contributed by atoms with van der Waals surface area (Å²) in [5, 5.41) is 0. The summed E-state index contributed by atoms with van der Waals surface area (Å²) < 4.78 is 34.3. The van der Waals surface area contributed by atoms with Crippen LogP contribution in [0.15, 0.2) is 146 Å². The number of quaternary nitrogens is 1. The van der Waals surface area contributed by atoms with Crippen molar-refractivity contribution in [3.8, 4) is 0 Å². The molecular weight excluding hydrogens is 942 g/mol. The summed E-state index contributed by atoms with van der Waals surface area (Å²) in [4.78, 5) is 35.4. The third kappa shape index (κ3) is 57.2. The Hall–Kier alpha value is -4.11. The Balaban J connectivity index is 4.13. The molecule has 0 fully saturated rings. The Bertz CT molecular complexity index is 1760. The van der Waals surface area contributed by atoms with Gasteiger partial charge >= 0.3 is 19.8 Å². The molecule has 0 amide bonds. The van der Waals surface area contributed by atoms with Gasteiger partial charge in [0, 0.05) is 12.8 Å². The van der Waals surface area contributed by atoms with Gasteiger partial charge in [-0.1, -0.05) is 224 Å². The maximum Gasteiger partial charge on any atom is 0.472 e. The summed E-state index contributed by atoms with van der Waals surface area (Å²) in [6.45, 7) is 4.23. The first-order valence-electron chi connectivity index (χ1n) is 28.6. The first-order chi connectivity index (χ1) is 36.0. The summed E-state index contributed by atoms with van der Waals surface area (Å²) in [7, 11) is 1.44. The standard InChI is InChI=1S/C64H104NO8P/c1-6-8-10-12-14-16-17-18-19-20-21-22-23-24-25-26-27-28-29-30-31-32-33-34-35-36-37-38-39-40-41-42-43-44-45-46-47-49-51-53-55-57-64(67)73-62(61-72-74(68,69)71-59-58-65(3,4)5)60-70-63(66)56-54-52-50-48-15-13-11-9-7-2/h8,10,14,16,18-19,21-22,24-25,27-28,30-31,33-34,36-37,39-40,42-43,45-46,62H,6-7,9,11-13,15,17,20,23,26,29,32,35,38,41,44,47-61H2,1-5H3/p+1/b10-8-,16-14-,19-18-,22-21-,25-24-,28-27-,31-30-,34-33-,37-36-,40-39-,43-42-,46-45-. The van der Waals surface area contributed by atoms with E-state index < -0.39 is 26.5 Å². The fourth-order valence-corrected chi connectivity index (χ4v) is 7.74. The van der Waals surface area contributed by atoms with E-state index in [-0.39, 0.29) is 32.0 Å². The SMILES string of the molecule is CC/C=C\C/C=C\C/C=C\C/C=C\C/C=C\C/C=C\C/C=C\C/C=C\C/C=C\C/C=C\C/C=C\C/C=C\CCCCCCC(=O)OC(COC(=O)CCCCCCCCCCC)COP(=O)(O)OCC[N+](C)(C)C. The van der Waals surface area contributed by atoms with Crippen molar-refractivity contribution in [2.45, 2.75) is 200 Å². The highest BCUT2D eigenvalue weighted by Crippen LogP contribution is 2.43. The number of allylic oxidation sites excluding steroid dienone is 24. The van der Waals surface area contributed by atoms with Crippen LogP contribution in [0.3, 0.4) is 0 Å². The van der Waals surface area contributed by atoms with Crippen LogP contribution in [0.2, 0.25) is 0 Å². The van der Waals surface area contributed by atoms with Crippen LogP contribution in [0, 0.1) is 0 Å². The van der Waals surface area contributed by atoms with Gasteiger partial charge in [-0.2, -0.15) is 0 Å². The van der Waals surface area contributed by atoms with E-state index in [4.69, 9.17) is 18.5 Å². The van der Waals surface area contributed by atoms with Crippen molar-refractivity contribution >= 4 is 19.8 Å². The van der Waals surface area contributed by atoms with Gasteiger partial charge < -0.3 is 18.9 Å². The summed E-state index contributed by atoms with van der Waals surface area (Å²) in [5.74, 6) is -0.841. The van der Waals surface area contributed by atoms with Crippen LogP contribution in [0.4, 0.5) is 0 Å². The number of hydrogen-bond donors (Lipinski definition) is 1. The van der Waals surface area contributed by atoms with Gasteiger partial charge in [-0.15, -0.1) is 0 Å². The van der Waals surface area contributed by atoms with Crippen LogP contribution < -0.4 is 0 Å². The van der Waals surface area contributed by atoms with Crippen molar-refractivity contribution in [3.63, 3.8) is 0 Å². The lowest BCUT2D eigenvalue weighted by Gasteiger charge is -2.24. The highest BCUT2D eigenvalue weighted by atomic mass is 31.2. The second kappa shape index (κ2) is 53.7. The predicted octanol–water partition coefficient (Wildman–Crippen LogP) is 17.9. The molecule has 74 heavy (non-hydrogen) atoms. The molecule has 2 atom stereocenters. The zero-order valence-electron chi connectivity index (χ0n) is 47.3. The highest BCUT2D eigenvalue weighted by Gasteiger charge is 2.27. The van der Waals surface area contributed by atoms with E-state index in [1.807, 2.05) is 21.1 Å². The van der Waals surface area contributed by atoms with E-state index in [0.717, 1.165) is 122 Å². The quantitative estimate of drug-likeness (QED) is 0.0211. The molecule has 0 saturated heterocycles. The normalized spacial score (nSPS) is 14.4. The molecule has 0 aliphatic rings. The minimum atomic E-state index is -4.39. The molecule has 418 valence electrons. The lowest BCUT2D eigenvalue weighted by Crippen LogP contribution is -2.37. The van der Waals surface area contributed by atoms with Crippen molar-refractivity contribution in [3.05, 3.63) is 146 Å². The molecule has 0 aliphatic carbocycles. The number of unbranched alkanes of at least 4 members (excludes halogenated alkanes) is 12. The van der Waals surface area contributed by atoms with Crippen LogP contribution >= 0.6 is 7.82 Å². The first-order valence-corrected chi connectivity index (χ1v) is 30.1. The Morgan fingerprint density at radius 3 is 1.15 bits per heavy atom. The Morgan fingerprint density at radius 1 is 0.432 bits per heavy atom. The third-order valence-electron chi connectivity index (χ3n) is 11.4. The number of phosphoric ester groups is 1. The van der Waals surface area contributed by atoms with Crippen LogP contribution in [0.25, 0.3) is 0 Å². The molecule has 1 N–H and O–H groups in total. The number of esters is 2. The fraction of sp³-hybridized carbons (Fsp3) is 0.594. The summed E-state index contributed by atoms with van der Waals surface area (Å²) in [5.41, 5.74) is 0. The van der Waals surface area contributed by atoms with E-state index in [1.54, 1.807) is 0 Å². The van der Waals surface area contributed by atoms with Gasteiger partial charge in [0.2, 0.25) is 0 Å². The second-order valence-electron chi connectivity index (χ2n) is 19.6. The Labute approximate surface area is 453 Å². The van der Waals surface area contributed by atoms with Crippen LogP contribution in [-0.2, 0) is 32.7 Å². The lowest BCUT2D eigenvalue weighted by molar-refractivity contribution is -0.870. The molecule has 0 heterocycles. The largest absolute Gasteiger partial charge is 0.472 e. The molecule has 0 rings (SSSR count). The monoisotopic (exact) mass is 1050 g/mol. The molecule has 2 unspecified atom stereocenters. The van der Waals surface area contributed by atoms with Crippen LogP contribution in [-0.4, -0.2) is 74.9 Å². The summed E-state index contributed by atoms with van der Waals surface area (Å²) in [6, 6.07) is 0. The molecule has 9 nitrogen and oxygen atoms in total. The maximum atomic E-state index is 12.7. The van der Waals surface area contributed by atoms with Crippen molar-refractivity contribution in [1.82, 2.24) is 0 Å². The molecule has 0 spiro atoms. The number of nitrogens with zero attached hydrogens (tertiary/aromatic N) is 1. The Morgan fingerprint density at radius 2 is 0.770 bits per heavy atom. The Kier molecular flexibility index (Phi) is 50.7. The third-order valence-corrected chi connectivity index (χ3v) is 12.4. The molecule has 0 aliphatic heterocycles. The van der Waals surface area contributed by atoms with Crippen molar-refractivity contribution in [1.29, 1.82) is 0 Å². The average Bonchev–Trinajstić information content (AvgIpc) is 3.36. The molecular formula is C64H105NO8P+. The van der Waals surface area contributed by atoms with Crippen molar-refractivity contribution in [2.24, 2.45) is 0 Å². The molecule has 0 aromatic rings. The minimum Gasteiger partial charge on any atom is -0.462 e. The minimum absolute atomic E-state index is 0.0199. The summed E-state index contributed by atoms with van der Waals surface area (Å²) in [6.07, 6.45) is 79.4. The van der Waals surface area contributed by atoms with E-state index in [0.29, 0.717) is 17.4 Å². The average molecular weight is 1050 g/mol. The van der Waals surface area contributed by atoms with Gasteiger partial charge in [0.05, 0.1) is 27.7 Å². The zero-order valence-corrected chi connectivity index (χ0v) is 48.2. The van der Waals surface area contributed by atoms with E-state index in [2.05, 4.69) is 160 Å². The molecule has 10 heteroatoms. The van der Waals surface area contributed by atoms with Crippen molar-refractivity contribution in [2.75, 3.05) is 47.5 Å². The topological polar surface area (TPSA) is 108 Å². The van der Waals surface area contributed by atoms with Gasteiger partial charge in [0.1, 0.15) is 19.8 Å². The fourth-order valence-electron chi connectivity index (χ4n) is 6.99. The number of phosphoric acid groups is 1.